The van der Waals surface area contributed by atoms with Crippen molar-refractivity contribution in [3.8, 4) is 17.2 Å². The topological polar surface area (TPSA) is 167 Å². The Morgan fingerprint density at radius 3 is 2.41 bits per heavy atom. The lowest BCUT2D eigenvalue weighted by Crippen LogP contribution is -2.18. The van der Waals surface area contributed by atoms with E-state index in [-0.39, 0.29) is 40.8 Å². The maximum Gasteiger partial charge on any atom is 0.417 e. The Morgan fingerprint density at radius 1 is 1.00 bits per heavy atom. The number of rotatable bonds is 7. The van der Waals surface area contributed by atoms with E-state index in [9.17, 15) is 18.0 Å². The molecular weight excluding hydrogens is 509 g/mol. The second-order valence-electron chi connectivity index (χ2n) is 8.39. The van der Waals surface area contributed by atoms with Crippen LogP contribution < -0.4 is 22.1 Å². The van der Waals surface area contributed by atoms with Crippen LogP contribution in [0.2, 0.25) is 0 Å². The number of hydrogen-bond acceptors (Lipinski definition) is 7. The Labute approximate surface area is 220 Å². The van der Waals surface area contributed by atoms with Crippen LogP contribution in [0.15, 0.2) is 73.1 Å². The number of carbonyl (C=O) groups is 1. The van der Waals surface area contributed by atoms with Crippen LogP contribution in [0.5, 0.6) is 0 Å². The standard InChI is InChI=1S/C27H21F3N8O/c28-27(29,30)19-10-22(26(39)38-20-3-1-2-16(8-20)11-31)25(37-14-19)36-12-15-4-6-17(7-5-15)18-9-21(23(32)33)24(34)35-13-18/h1-10,13-14H,12H2,(H3,32,33)(H2,34,35)(H,36,37)(H,38,39). The maximum absolute atomic E-state index is 13.4. The lowest BCUT2D eigenvalue weighted by Gasteiger charge is -2.15. The normalized spacial score (nSPS) is 10.9. The Morgan fingerprint density at radius 2 is 1.74 bits per heavy atom. The fourth-order valence-electron chi connectivity index (χ4n) is 3.65. The highest BCUT2D eigenvalue weighted by Gasteiger charge is 2.32. The van der Waals surface area contributed by atoms with Crippen LogP contribution in [0.4, 0.5) is 30.5 Å². The van der Waals surface area contributed by atoms with Crippen molar-refractivity contribution >= 4 is 29.1 Å². The molecule has 0 bridgehead atoms. The first kappa shape index (κ1) is 26.6. The zero-order valence-corrected chi connectivity index (χ0v) is 20.2. The summed E-state index contributed by atoms with van der Waals surface area (Å²) in [4.78, 5) is 20.9. The molecule has 0 saturated heterocycles. The van der Waals surface area contributed by atoms with Gasteiger partial charge in [-0.3, -0.25) is 10.2 Å². The summed E-state index contributed by atoms with van der Waals surface area (Å²) in [6.45, 7) is 0.154. The van der Waals surface area contributed by atoms with Gasteiger partial charge in [-0.05, 0) is 41.5 Å². The number of amides is 1. The van der Waals surface area contributed by atoms with Crippen LogP contribution in [0.25, 0.3) is 11.1 Å². The SMILES string of the molecule is N#Cc1cccc(NC(=O)c2cc(C(F)(F)F)cnc2NCc2ccc(-c3cnc(N)c(C(=N)N)c3)cc2)c1. The number of alkyl halides is 3. The van der Waals surface area contributed by atoms with Gasteiger partial charge in [-0.2, -0.15) is 18.4 Å². The van der Waals surface area contributed by atoms with Gasteiger partial charge in [0.15, 0.2) is 0 Å². The first-order valence-electron chi connectivity index (χ1n) is 11.4. The molecule has 12 heteroatoms. The zero-order chi connectivity index (χ0) is 28.2. The predicted octanol–water partition coefficient (Wildman–Crippen LogP) is 4.76. The molecule has 2 aromatic heterocycles. The number of amidine groups is 1. The van der Waals surface area contributed by atoms with Crippen LogP contribution in [0, 0.1) is 16.7 Å². The lowest BCUT2D eigenvalue weighted by molar-refractivity contribution is -0.137. The van der Waals surface area contributed by atoms with Crippen molar-refractivity contribution in [2.75, 3.05) is 16.4 Å². The fraction of sp³-hybridized carbons (Fsp3) is 0.0741. The number of nitriles is 1. The second-order valence-corrected chi connectivity index (χ2v) is 8.39. The summed E-state index contributed by atoms with van der Waals surface area (Å²) in [5, 5.41) is 22.1. The van der Waals surface area contributed by atoms with Crippen LogP contribution >= 0.6 is 0 Å². The summed E-state index contributed by atoms with van der Waals surface area (Å²) in [6, 6.07) is 17.5. The van der Waals surface area contributed by atoms with Crippen molar-refractivity contribution in [3.63, 3.8) is 0 Å². The van der Waals surface area contributed by atoms with E-state index in [1.54, 1.807) is 42.6 Å². The number of nitrogens with one attached hydrogen (secondary N) is 3. The van der Waals surface area contributed by atoms with Crippen molar-refractivity contribution in [1.29, 1.82) is 10.7 Å². The van der Waals surface area contributed by atoms with Gasteiger partial charge >= 0.3 is 6.18 Å². The Balaban J connectivity index is 1.55. The summed E-state index contributed by atoms with van der Waals surface area (Å²) in [5.41, 5.74) is 13.0. The van der Waals surface area contributed by atoms with Crippen LogP contribution in [0.1, 0.15) is 32.6 Å². The monoisotopic (exact) mass is 530 g/mol. The van der Waals surface area contributed by atoms with E-state index in [1.807, 2.05) is 6.07 Å². The highest BCUT2D eigenvalue weighted by atomic mass is 19.4. The molecule has 2 heterocycles. The highest BCUT2D eigenvalue weighted by Crippen LogP contribution is 2.31. The molecule has 196 valence electrons. The molecule has 0 aliphatic heterocycles. The number of halogens is 3. The van der Waals surface area contributed by atoms with E-state index in [1.165, 1.54) is 18.2 Å². The highest BCUT2D eigenvalue weighted by molar-refractivity contribution is 6.07. The minimum absolute atomic E-state index is 0.0464. The number of hydrogen-bond donors (Lipinski definition) is 5. The van der Waals surface area contributed by atoms with E-state index >= 15 is 0 Å². The van der Waals surface area contributed by atoms with Gasteiger partial charge in [0.1, 0.15) is 17.5 Å². The molecule has 2 aromatic carbocycles. The summed E-state index contributed by atoms with van der Waals surface area (Å²) in [7, 11) is 0. The number of aromatic nitrogens is 2. The van der Waals surface area contributed by atoms with Gasteiger partial charge in [-0.25, -0.2) is 9.97 Å². The third-order valence-electron chi connectivity index (χ3n) is 5.67. The molecule has 1 amide bonds. The minimum atomic E-state index is -4.70. The molecule has 0 fully saturated rings. The Bertz CT molecular complexity index is 1590. The second kappa shape index (κ2) is 10.9. The van der Waals surface area contributed by atoms with E-state index in [2.05, 4.69) is 20.6 Å². The molecule has 9 nitrogen and oxygen atoms in total. The zero-order valence-electron chi connectivity index (χ0n) is 20.2. The first-order chi connectivity index (χ1) is 18.5. The third-order valence-corrected chi connectivity index (χ3v) is 5.67. The van der Waals surface area contributed by atoms with Crippen molar-refractivity contribution in [2.45, 2.75) is 12.7 Å². The van der Waals surface area contributed by atoms with E-state index in [0.29, 0.717) is 17.3 Å². The van der Waals surface area contributed by atoms with Crippen LogP contribution in [-0.4, -0.2) is 21.7 Å². The molecular formula is C27H21F3N8O. The molecule has 0 saturated carbocycles. The van der Waals surface area contributed by atoms with Gasteiger partial charge in [0.25, 0.3) is 5.91 Å². The molecule has 0 aliphatic rings. The van der Waals surface area contributed by atoms with Crippen molar-refractivity contribution in [3.05, 3.63) is 101 Å². The van der Waals surface area contributed by atoms with Gasteiger partial charge in [0, 0.05) is 30.2 Å². The predicted molar refractivity (Wildman–Crippen MR) is 141 cm³/mol. The average Bonchev–Trinajstić information content (AvgIpc) is 2.91. The van der Waals surface area contributed by atoms with E-state index in [4.69, 9.17) is 22.1 Å². The molecule has 39 heavy (non-hydrogen) atoms. The molecule has 0 atom stereocenters. The fourth-order valence-corrected chi connectivity index (χ4v) is 3.65. The number of pyridine rings is 2. The molecule has 4 aromatic rings. The van der Waals surface area contributed by atoms with Crippen LogP contribution in [0.3, 0.4) is 0 Å². The van der Waals surface area contributed by atoms with Crippen LogP contribution in [-0.2, 0) is 12.7 Å². The number of carbonyl (C=O) groups excluding carboxylic acids is 1. The summed E-state index contributed by atoms with van der Waals surface area (Å²) >= 11 is 0. The molecule has 0 aliphatic carbocycles. The largest absolute Gasteiger partial charge is 0.417 e. The van der Waals surface area contributed by atoms with Gasteiger partial charge < -0.3 is 22.1 Å². The quantitative estimate of drug-likeness (QED) is 0.170. The number of nitrogens with two attached hydrogens (primary N) is 2. The number of anilines is 3. The third kappa shape index (κ3) is 6.28. The van der Waals surface area contributed by atoms with Crippen molar-refractivity contribution in [2.24, 2.45) is 5.73 Å². The van der Waals surface area contributed by atoms with Crippen molar-refractivity contribution < 1.29 is 18.0 Å². The number of nitrogen functional groups attached to an aromatic ring is 2. The minimum Gasteiger partial charge on any atom is -0.384 e. The molecule has 0 unspecified atom stereocenters. The Hall–Kier alpha value is -5.44. The maximum atomic E-state index is 13.4. The number of benzene rings is 2. The first-order valence-corrected chi connectivity index (χ1v) is 11.4. The Kier molecular flexibility index (Phi) is 7.44. The van der Waals surface area contributed by atoms with Gasteiger partial charge in [-0.15, -0.1) is 0 Å². The molecule has 0 spiro atoms. The number of nitrogens with zero attached hydrogens (tertiary/aromatic N) is 3. The van der Waals surface area contributed by atoms with Crippen molar-refractivity contribution in [1.82, 2.24) is 9.97 Å². The molecule has 4 rings (SSSR count). The smallest absolute Gasteiger partial charge is 0.384 e. The average molecular weight is 531 g/mol. The summed E-state index contributed by atoms with van der Waals surface area (Å²) in [5.74, 6) is -0.924. The van der Waals surface area contributed by atoms with Gasteiger partial charge in [-0.1, -0.05) is 30.3 Å². The van der Waals surface area contributed by atoms with Gasteiger partial charge in [0.05, 0.1) is 28.3 Å². The molecule has 0 radical (unpaired) electrons. The summed E-state index contributed by atoms with van der Waals surface area (Å²) < 4.78 is 40.1. The lowest BCUT2D eigenvalue weighted by atomic mass is 10.0. The summed E-state index contributed by atoms with van der Waals surface area (Å²) in [6.07, 6.45) is -2.49. The van der Waals surface area contributed by atoms with Gasteiger partial charge in [0.2, 0.25) is 0 Å². The molecule has 7 N–H and O–H groups in total. The van der Waals surface area contributed by atoms with E-state index < -0.39 is 17.6 Å². The van der Waals surface area contributed by atoms with E-state index in [0.717, 1.165) is 17.2 Å².